The molecule has 1 aromatic carbocycles. The monoisotopic (exact) mass is 440 g/mol. The van der Waals surface area contributed by atoms with Crippen LogP contribution in [0.2, 0.25) is 5.02 Å². The van der Waals surface area contributed by atoms with Crippen LogP contribution in [0.15, 0.2) is 34.1 Å². The summed E-state index contributed by atoms with van der Waals surface area (Å²) in [6.07, 6.45) is 0. The summed E-state index contributed by atoms with van der Waals surface area (Å²) >= 11 is 10.8. The van der Waals surface area contributed by atoms with Crippen molar-refractivity contribution < 1.29 is 12.8 Å². The summed E-state index contributed by atoms with van der Waals surface area (Å²) in [7, 11) is -0.837. The number of halogens is 3. The summed E-state index contributed by atoms with van der Waals surface area (Å²) < 4.78 is 42.2. The Morgan fingerprint density at radius 2 is 1.83 bits per heavy atom. The van der Waals surface area contributed by atoms with E-state index in [-0.39, 0.29) is 23.7 Å². The zero-order valence-electron chi connectivity index (χ0n) is 12.5. The lowest BCUT2D eigenvalue weighted by Gasteiger charge is -2.24. The molecular formula is C14H15BrClFN2O2S2. The minimum Gasteiger partial charge on any atom is -0.207 e. The van der Waals surface area contributed by atoms with Crippen molar-refractivity contribution in [3.8, 4) is 0 Å². The van der Waals surface area contributed by atoms with Crippen molar-refractivity contribution in [2.75, 3.05) is 14.1 Å². The molecule has 1 heterocycles. The lowest BCUT2D eigenvalue weighted by Crippen LogP contribution is -2.38. The third-order valence-corrected chi connectivity index (χ3v) is 7.03. The number of hydrogen-bond donors (Lipinski definition) is 0. The van der Waals surface area contributed by atoms with Crippen LogP contribution >= 0.6 is 38.9 Å². The van der Waals surface area contributed by atoms with Gasteiger partial charge in [0.2, 0.25) is 0 Å². The van der Waals surface area contributed by atoms with Gasteiger partial charge in [0, 0.05) is 42.6 Å². The summed E-state index contributed by atoms with van der Waals surface area (Å²) in [5, 5.41) is 0.205. The van der Waals surface area contributed by atoms with Crippen molar-refractivity contribution in [1.82, 2.24) is 8.61 Å². The summed E-state index contributed by atoms with van der Waals surface area (Å²) in [4.78, 5) is 0.903. The molecule has 0 N–H and O–H groups in total. The Morgan fingerprint density at radius 1 is 1.17 bits per heavy atom. The van der Waals surface area contributed by atoms with Gasteiger partial charge in [-0.1, -0.05) is 17.7 Å². The summed E-state index contributed by atoms with van der Waals surface area (Å²) in [5.41, 5.74) is 0.160. The largest absolute Gasteiger partial charge is 0.282 e. The third kappa shape index (κ3) is 4.52. The standard InChI is InChI=1S/C14H15BrClFN2O2S2/c1-18(8-10-6-7-14(15)22-10)23(20,21)19(2)9-11-12(16)4-3-5-13(11)17/h3-7H,8-9H2,1-2H3. The molecule has 2 aromatic rings. The highest BCUT2D eigenvalue weighted by molar-refractivity contribution is 9.11. The fourth-order valence-corrected chi connectivity index (χ4v) is 4.87. The molecule has 23 heavy (non-hydrogen) atoms. The molecule has 0 amide bonds. The topological polar surface area (TPSA) is 40.6 Å². The Hall–Kier alpha value is -0.510. The van der Waals surface area contributed by atoms with E-state index in [0.29, 0.717) is 0 Å². The first-order valence-electron chi connectivity index (χ1n) is 6.56. The molecule has 0 radical (unpaired) electrons. The number of rotatable bonds is 6. The second kappa shape index (κ2) is 7.58. The Kier molecular flexibility index (Phi) is 6.21. The molecule has 0 aliphatic heterocycles. The highest BCUT2D eigenvalue weighted by Gasteiger charge is 2.25. The van der Waals surface area contributed by atoms with E-state index in [2.05, 4.69) is 15.9 Å². The van der Waals surface area contributed by atoms with E-state index in [4.69, 9.17) is 11.6 Å². The smallest absolute Gasteiger partial charge is 0.207 e. The third-order valence-electron chi connectivity index (χ3n) is 3.24. The van der Waals surface area contributed by atoms with Gasteiger partial charge in [0.25, 0.3) is 10.2 Å². The van der Waals surface area contributed by atoms with Crippen molar-refractivity contribution in [2.24, 2.45) is 0 Å². The van der Waals surface area contributed by atoms with E-state index in [1.807, 2.05) is 12.1 Å². The van der Waals surface area contributed by atoms with Crippen molar-refractivity contribution in [2.45, 2.75) is 13.1 Å². The lowest BCUT2D eigenvalue weighted by atomic mass is 10.2. The minimum atomic E-state index is -3.73. The normalized spacial score (nSPS) is 12.3. The number of hydrogen-bond acceptors (Lipinski definition) is 3. The molecular weight excluding hydrogens is 427 g/mol. The number of thiophene rings is 1. The molecule has 0 aliphatic rings. The van der Waals surface area contributed by atoms with Gasteiger partial charge >= 0.3 is 0 Å². The number of nitrogens with zero attached hydrogens (tertiary/aromatic N) is 2. The molecule has 0 saturated heterocycles. The van der Waals surface area contributed by atoms with Crippen molar-refractivity contribution >= 4 is 49.1 Å². The van der Waals surface area contributed by atoms with Gasteiger partial charge < -0.3 is 0 Å². The van der Waals surface area contributed by atoms with E-state index >= 15 is 0 Å². The van der Waals surface area contributed by atoms with Crippen LogP contribution in [-0.2, 0) is 23.3 Å². The SMILES string of the molecule is CN(Cc1ccc(Br)s1)S(=O)(=O)N(C)Cc1c(F)cccc1Cl. The fourth-order valence-electron chi connectivity index (χ4n) is 1.96. The van der Waals surface area contributed by atoms with E-state index < -0.39 is 16.0 Å². The van der Waals surface area contributed by atoms with E-state index in [0.717, 1.165) is 13.0 Å². The molecule has 0 bridgehead atoms. The van der Waals surface area contributed by atoms with Gasteiger partial charge in [-0.2, -0.15) is 17.0 Å². The van der Waals surface area contributed by atoms with Crippen molar-refractivity contribution in [3.63, 3.8) is 0 Å². The van der Waals surface area contributed by atoms with Gasteiger partial charge in [0.05, 0.1) is 3.79 Å². The zero-order valence-corrected chi connectivity index (χ0v) is 16.4. The van der Waals surface area contributed by atoms with Crippen LogP contribution in [0.25, 0.3) is 0 Å². The van der Waals surface area contributed by atoms with Gasteiger partial charge in [-0.25, -0.2) is 4.39 Å². The molecule has 2 rings (SSSR count). The van der Waals surface area contributed by atoms with E-state index in [1.165, 1.54) is 47.9 Å². The first-order chi connectivity index (χ1) is 10.7. The quantitative estimate of drug-likeness (QED) is 0.677. The minimum absolute atomic E-state index is 0.133. The Bertz CT molecular complexity index is 778. The highest BCUT2D eigenvalue weighted by Crippen LogP contribution is 2.25. The first kappa shape index (κ1) is 18.8. The van der Waals surface area contributed by atoms with Gasteiger partial charge in [0.1, 0.15) is 5.82 Å². The average molecular weight is 442 g/mol. The predicted molar refractivity (Wildman–Crippen MR) is 95.3 cm³/mol. The highest BCUT2D eigenvalue weighted by atomic mass is 79.9. The Balaban J connectivity index is 2.14. The molecule has 0 spiro atoms. The molecule has 4 nitrogen and oxygen atoms in total. The molecule has 0 fully saturated rings. The van der Waals surface area contributed by atoms with Gasteiger partial charge in [-0.05, 0) is 40.2 Å². The Morgan fingerprint density at radius 3 is 2.39 bits per heavy atom. The van der Waals surface area contributed by atoms with Crippen molar-refractivity contribution in [1.29, 1.82) is 0 Å². The van der Waals surface area contributed by atoms with Gasteiger partial charge in [-0.15, -0.1) is 11.3 Å². The van der Waals surface area contributed by atoms with Crippen LogP contribution in [-0.4, -0.2) is 31.1 Å². The lowest BCUT2D eigenvalue weighted by molar-refractivity contribution is 0.384. The maximum Gasteiger partial charge on any atom is 0.282 e. The molecule has 0 unspecified atom stereocenters. The van der Waals surface area contributed by atoms with Gasteiger partial charge in [0.15, 0.2) is 0 Å². The average Bonchev–Trinajstić information content (AvgIpc) is 2.88. The van der Waals surface area contributed by atoms with Crippen LogP contribution in [0, 0.1) is 5.82 Å². The summed E-state index contributed by atoms with van der Waals surface area (Å²) in [5.74, 6) is -0.524. The van der Waals surface area contributed by atoms with E-state index in [1.54, 1.807) is 0 Å². The molecule has 1 aromatic heterocycles. The van der Waals surface area contributed by atoms with Crippen LogP contribution in [0.3, 0.4) is 0 Å². The second-order valence-corrected chi connectivity index (χ2v) is 10.0. The predicted octanol–water partition coefficient (Wildman–Crippen LogP) is 4.11. The summed E-state index contributed by atoms with van der Waals surface area (Å²) in [6.45, 7) is 0.111. The molecule has 9 heteroatoms. The molecule has 0 saturated carbocycles. The van der Waals surface area contributed by atoms with Crippen LogP contribution < -0.4 is 0 Å². The fraction of sp³-hybridized carbons (Fsp3) is 0.286. The summed E-state index contributed by atoms with van der Waals surface area (Å²) in [6, 6.07) is 8.00. The molecule has 0 atom stereocenters. The molecule has 0 aliphatic carbocycles. The van der Waals surface area contributed by atoms with Crippen molar-refractivity contribution in [3.05, 3.63) is 55.4 Å². The maximum atomic E-state index is 13.8. The van der Waals surface area contributed by atoms with Gasteiger partial charge in [-0.3, -0.25) is 0 Å². The zero-order chi connectivity index (χ0) is 17.2. The Labute approximate surface area is 152 Å². The maximum absolute atomic E-state index is 13.8. The van der Waals surface area contributed by atoms with Crippen LogP contribution in [0.5, 0.6) is 0 Å². The first-order valence-corrected chi connectivity index (χ1v) is 9.95. The van der Waals surface area contributed by atoms with Crippen LogP contribution in [0.1, 0.15) is 10.4 Å². The second-order valence-electron chi connectivity index (χ2n) is 4.93. The number of benzene rings is 1. The van der Waals surface area contributed by atoms with E-state index in [9.17, 15) is 12.8 Å². The van der Waals surface area contributed by atoms with Crippen LogP contribution in [0.4, 0.5) is 4.39 Å². The molecule has 126 valence electrons.